The number of amides is 2. The second-order valence-electron chi connectivity index (χ2n) is 2.99. The van der Waals surface area contributed by atoms with E-state index in [1.807, 2.05) is 0 Å². The zero-order valence-electron chi connectivity index (χ0n) is 9.34. The lowest BCUT2D eigenvalue weighted by Crippen LogP contribution is -2.37. The molecule has 0 saturated heterocycles. The first-order valence-electron chi connectivity index (χ1n) is 5.03. The first kappa shape index (κ1) is 14.1. The molecule has 2 N–H and O–H groups in total. The van der Waals surface area contributed by atoms with E-state index in [0.29, 0.717) is 6.54 Å². The van der Waals surface area contributed by atoms with E-state index in [9.17, 15) is 14.4 Å². The van der Waals surface area contributed by atoms with E-state index in [2.05, 4.69) is 22.9 Å². The van der Waals surface area contributed by atoms with Crippen molar-refractivity contribution in [3.8, 4) is 0 Å². The highest BCUT2D eigenvalue weighted by Crippen LogP contribution is 1.81. The van der Waals surface area contributed by atoms with Gasteiger partial charge in [0.05, 0.1) is 6.42 Å². The number of hydrogen-bond acceptors (Lipinski definition) is 3. The van der Waals surface area contributed by atoms with Crippen molar-refractivity contribution in [2.45, 2.75) is 19.8 Å². The van der Waals surface area contributed by atoms with E-state index in [4.69, 9.17) is 0 Å². The van der Waals surface area contributed by atoms with Gasteiger partial charge >= 0.3 is 0 Å². The molecule has 0 heterocycles. The SMILES string of the molecule is C=C=CCC(=O)NCCNC(=O)C(=O)CC. The fourth-order valence-corrected chi connectivity index (χ4v) is 0.874. The maximum Gasteiger partial charge on any atom is 0.287 e. The van der Waals surface area contributed by atoms with Crippen LogP contribution in [-0.4, -0.2) is 30.7 Å². The molecule has 0 spiro atoms. The molecule has 0 saturated carbocycles. The highest BCUT2D eigenvalue weighted by molar-refractivity contribution is 6.36. The second kappa shape index (κ2) is 8.44. The lowest BCUT2D eigenvalue weighted by Gasteiger charge is -2.04. The molecule has 5 nitrogen and oxygen atoms in total. The van der Waals surface area contributed by atoms with E-state index < -0.39 is 11.7 Å². The van der Waals surface area contributed by atoms with E-state index in [1.165, 1.54) is 6.08 Å². The van der Waals surface area contributed by atoms with Gasteiger partial charge in [-0.2, -0.15) is 0 Å². The van der Waals surface area contributed by atoms with Crippen molar-refractivity contribution in [1.29, 1.82) is 0 Å². The molecule has 5 heteroatoms. The Hall–Kier alpha value is -1.87. The molecule has 16 heavy (non-hydrogen) atoms. The summed E-state index contributed by atoms with van der Waals surface area (Å²) >= 11 is 0. The van der Waals surface area contributed by atoms with Gasteiger partial charge < -0.3 is 10.6 Å². The van der Waals surface area contributed by atoms with Gasteiger partial charge in [-0.25, -0.2) is 0 Å². The monoisotopic (exact) mass is 224 g/mol. The lowest BCUT2D eigenvalue weighted by atomic mass is 10.3. The van der Waals surface area contributed by atoms with Crippen LogP contribution in [0.2, 0.25) is 0 Å². The van der Waals surface area contributed by atoms with Crippen molar-refractivity contribution in [3.05, 3.63) is 18.4 Å². The highest BCUT2D eigenvalue weighted by Gasteiger charge is 2.09. The van der Waals surface area contributed by atoms with Crippen LogP contribution in [0, 0.1) is 0 Å². The minimum absolute atomic E-state index is 0.174. The lowest BCUT2D eigenvalue weighted by molar-refractivity contribution is -0.137. The summed E-state index contributed by atoms with van der Waals surface area (Å²) in [5.41, 5.74) is 2.48. The Labute approximate surface area is 94.6 Å². The second-order valence-corrected chi connectivity index (χ2v) is 2.99. The largest absolute Gasteiger partial charge is 0.354 e. The van der Waals surface area contributed by atoms with Crippen LogP contribution in [0.1, 0.15) is 19.8 Å². The number of Topliss-reactive ketones (excluding diaryl/α,β-unsaturated/α-hetero) is 1. The minimum Gasteiger partial charge on any atom is -0.354 e. The standard InChI is InChI=1S/C11H16N2O3/c1-3-5-6-10(15)12-7-8-13-11(16)9(14)4-2/h5H,1,4,6-8H2,2H3,(H,12,15)(H,13,16). The zero-order valence-corrected chi connectivity index (χ0v) is 9.34. The Morgan fingerprint density at radius 2 is 1.88 bits per heavy atom. The van der Waals surface area contributed by atoms with Gasteiger partial charge in [0.2, 0.25) is 11.7 Å². The van der Waals surface area contributed by atoms with Crippen LogP contribution >= 0.6 is 0 Å². The van der Waals surface area contributed by atoms with Crippen molar-refractivity contribution in [1.82, 2.24) is 10.6 Å². The summed E-state index contributed by atoms with van der Waals surface area (Å²) in [7, 11) is 0. The van der Waals surface area contributed by atoms with Crippen LogP contribution < -0.4 is 10.6 Å². The first-order valence-corrected chi connectivity index (χ1v) is 5.03. The predicted octanol–water partition coefficient (Wildman–Crippen LogP) is -0.0709. The van der Waals surface area contributed by atoms with Gasteiger partial charge in [0.1, 0.15) is 0 Å². The average molecular weight is 224 g/mol. The normalized spacial score (nSPS) is 8.81. The summed E-state index contributed by atoms with van der Waals surface area (Å²) in [6, 6.07) is 0. The van der Waals surface area contributed by atoms with Gasteiger partial charge in [0.25, 0.3) is 5.91 Å². The number of hydrogen-bond donors (Lipinski definition) is 2. The number of rotatable bonds is 7. The third-order valence-corrected chi connectivity index (χ3v) is 1.74. The third kappa shape index (κ3) is 6.56. The summed E-state index contributed by atoms with van der Waals surface area (Å²) in [4.78, 5) is 32.9. The molecule has 2 amide bonds. The molecule has 0 unspecified atom stereocenters. The Bertz CT molecular complexity index is 317. The van der Waals surface area contributed by atoms with Crippen LogP contribution in [-0.2, 0) is 14.4 Å². The molecule has 0 aromatic heterocycles. The Morgan fingerprint density at radius 1 is 1.25 bits per heavy atom. The zero-order chi connectivity index (χ0) is 12.4. The Kier molecular flexibility index (Phi) is 7.45. The molecular formula is C11H16N2O3. The van der Waals surface area contributed by atoms with E-state index >= 15 is 0 Å². The molecule has 0 radical (unpaired) electrons. The number of nitrogens with one attached hydrogen (secondary N) is 2. The summed E-state index contributed by atoms with van der Waals surface area (Å²) in [5.74, 6) is -1.24. The van der Waals surface area contributed by atoms with Crippen LogP contribution in [0.25, 0.3) is 0 Å². The van der Waals surface area contributed by atoms with Gasteiger partial charge in [-0.1, -0.05) is 13.5 Å². The van der Waals surface area contributed by atoms with E-state index in [0.717, 1.165) is 0 Å². The summed E-state index contributed by atoms with van der Waals surface area (Å²) < 4.78 is 0. The van der Waals surface area contributed by atoms with E-state index in [-0.39, 0.29) is 25.3 Å². The quantitative estimate of drug-likeness (QED) is 0.361. The van der Waals surface area contributed by atoms with Crippen LogP contribution in [0.15, 0.2) is 18.4 Å². The summed E-state index contributed by atoms with van der Waals surface area (Å²) in [6.45, 7) is 5.48. The smallest absolute Gasteiger partial charge is 0.287 e. The molecule has 0 aromatic rings. The molecule has 0 aliphatic heterocycles. The summed E-state index contributed by atoms with van der Waals surface area (Å²) in [6.07, 6.45) is 1.90. The van der Waals surface area contributed by atoms with Crippen LogP contribution in [0.3, 0.4) is 0 Å². The molecule has 0 atom stereocenters. The summed E-state index contributed by atoms with van der Waals surface area (Å²) in [5, 5.41) is 4.97. The average Bonchev–Trinajstić information content (AvgIpc) is 2.30. The van der Waals surface area contributed by atoms with Gasteiger partial charge in [0, 0.05) is 19.5 Å². The number of carbonyl (C=O) groups excluding carboxylic acids is 3. The van der Waals surface area contributed by atoms with Gasteiger partial charge in [-0.3, -0.25) is 14.4 Å². The molecular weight excluding hydrogens is 208 g/mol. The third-order valence-electron chi connectivity index (χ3n) is 1.74. The number of carbonyl (C=O) groups is 3. The van der Waals surface area contributed by atoms with Crippen molar-refractivity contribution in [2.75, 3.05) is 13.1 Å². The Balaban J connectivity index is 3.60. The molecule has 0 aromatic carbocycles. The minimum atomic E-state index is -0.609. The molecule has 0 aliphatic carbocycles. The van der Waals surface area contributed by atoms with Crippen molar-refractivity contribution < 1.29 is 14.4 Å². The van der Waals surface area contributed by atoms with Gasteiger partial charge in [0.15, 0.2) is 0 Å². The molecule has 0 fully saturated rings. The molecule has 0 aliphatic rings. The van der Waals surface area contributed by atoms with Crippen molar-refractivity contribution in [3.63, 3.8) is 0 Å². The fraction of sp³-hybridized carbons (Fsp3) is 0.455. The highest BCUT2D eigenvalue weighted by atomic mass is 16.2. The maximum absolute atomic E-state index is 11.0. The van der Waals surface area contributed by atoms with Crippen LogP contribution in [0.5, 0.6) is 0 Å². The molecule has 0 rings (SSSR count). The number of ketones is 1. The topological polar surface area (TPSA) is 75.3 Å². The predicted molar refractivity (Wildman–Crippen MR) is 59.6 cm³/mol. The van der Waals surface area contributed by atoms with Gasteiger partial charge in [-0.15, -0.1) is 5.73 Å². The fourth-order valence-electron chi connectivity index (χ4n) is 0.874. The van der Waals surface area contributed by atoms with Crippen molar-refractivity contribution in [2.24, 2.45) is 0 Å². The van der Waals surface area contributed by atoms with Crippen LogP contribution in [0.4, 0.5) is 0 Å². The molecule has 88 valence electrons. The van der Waals surface area contributed by atoms with E-state index in [1.54, 1.807) is 6.92 Å². The van der Waals surface area contributed by atoms with Gasteiger partial charge in [-0.05, 0) is 6.08 Å². The Morgan fingerprint density at radius 3 is 2.44 bits per heavy atom. The first-order chi connectivity index (χ1) is 7.61. The maximum atomic E-state index is 11.0. The van der Waals surface area contributed by atoms with Crippen molar-refractivity contribution >= 4 is 17.6 Å². The molecule has 0 bridgehead atoms.